The molecule has 7 heteroatoms. The van der Waals surface area contributed by atoms with Crippen molar-refractivity contribution in [2.24, 2.45) is 0 Å². The Morgan fingerprint density at radius 1 is 1.06 bits per heavy atom. The van der Waals surface area contributed by atoms with Crippen LogP contribution in [0, 0.1) is 19.7 Å². The second-order valence-electron chi connectivity index (χ2n) is 7.62. The summed E-state index contributed by atoms with van der Waals surface area (Å²) in [6.07, 6.45) is 0. The number of carbonyl (C=O) groups excluding carboxylic acids is 2. The van der Waals surface area contributed by atoms with Crippen molar-refractivity contribution < 1.29 is 14.0 Å². The number of benzene rings is 2. The van der Waals surface area contributed by atoms with Gasteiger partial charge in [0, 0.05) is 23.5 Å². The molecule has 0 radical (unpaired) electrons. The van der Waals surface area contributed by atoms with Crippen LogP contribution in [-0.2, 0) is 11.3 Å². The van der Waals surface area contributed by atoms with Crippen LogP contribution in [0.25, 0.3) is 0 Å². The molecule has 0 atom stereocenters. The lowest BCUT2D eigenvalue weighted by Crippen LogP contribution is -2.34. The Kier molecular flexibility index (Phi) is 7.25. The fraction of sp³-hybridized carbons (Fsp3) is 0.250. The molecule has 31 heavy (non-hydrogen) atoms. The zero-order valence-corrected chi connectivity index (χ0v) is 18.5. The maximum Gasteiger partial charge on any atom is 0.238 e. The van der Waals surface area contributed by atoms with Gasteiger partial charge in [0.15, 0.2) is 5.78 Å². The monoisotopic (exact) mass is 441 g/mol. The van der Waals surface area contributed by atoms with E-state index in [1.165, 1.54) is 12.1 Å². The molecule has 162 valence electrons. The highest BCUT2D eigenvalue weighted by atomic mass is 35.5. The number of likely N-dealkylation sites (N-methyl/N-ethyl adjacent to an activating group) is 1. The lowest BCUT2D eigenvalue weighted by atomic mass is 10.1. The predicted octanol–water partition coefficient (Wildman–Crippen LogP) is 4.70. The Hall–Kier alpha value is -2.96. The van der Waals surface area contributed by atoms with Crippen molar-refractivity contribution in [1.82, 2.24) is 9.47 Å². The molecule has 0 saturated heterocycles. The maximum atomic E-state index is 13.2. The van der Waals surface area contributed by atoms with Gasteiger partial charge in [0.05, 0.1) is 23.8 Å². The second-order valence-corrected chi connectivity index (χ2v) is 8.03. The van der Waals surface area contributed by atoms with Crippen molar-refractivity contribution >= 4 is 29.0 Å². The first-order chi connectivity index (χ1) is 14.7. The minimum absolute atomic E-state index is 0.0608. The number of ketones is 1. The summed E-state index contributed by atoms with van der Waals surface area (Å²) in [5, 5.41) is 3.22. The number of nitrogens with zero attached hydrogens (tertiary/aromatic N) is 2. The first-order valence-corrected chi connectivity index (χ1v) is 10.3. The summed E-state index contributed by atoms with van der Waals surface area (Å²) in [5.41, 5.74) is 3.91. The van der Waals surface area contributed by atoms with Gasteiger partial charge in [-0.05, 0) is 56.8 Å². The quantitative estimate of drug-likeness (QED) is 0.515. The van der Waals surface area contributed by atoms with E-state index in [1.807, 2.05) is 24.5 Å². The van der Waals surface area contributed by atoms with E-state index in [0.29, 0.717) is 22.8 Å². The zero-order chi connectivity index (χ0) is 22.5. The van der Waals surface area contributed by atoms with Crippen LogP contribution in [0.5, 0.6) is 0 Å². The number of aryl methyl sites for hydroxylation is 1. The van der Waals surface area contributed by atoms with E-state index in [9.17, 15) is 14.0 Å². The first-order valence-electron chi connectivity index (χ1n) is 9.92. The van der Waals surface area contributed by atoms with Crippen molar-refractivity contribution in [1.29, 1.82) is 0 Å². The first kappa shape index (κ1) is 22.7. The van der Waals surface area contributed by atoms with Gasteiger partial charge in [-0.2, -0.15) is 0 Å². The van der Waals surface area contributed by atoms with E-state index in [4.69, 9.17) is 11.6 Å². The number of hydrogen-bond acceptors (Lipinski definition) is 3. The van der Waals surface area contributed by atoms with E-state index in [1.54, 1.807) is 48.3 Å². The average molecular weight is 442 g/mol. The molecule has 0 saturated carbocycles. The molecule has 0 aliphatic heterocycles. The van der Waals surface area contributed by atoms with Crippen LogP contribution in [0.1, 0.15) is 27.3 Å². The fourth-order valence-corrected chi connectivity index (χ4v) is 3.67. The Bertz CT molecular complexity index is 1090. The summed E-state index contributed by atoms with van der Waals surface area (Å²) < 4.78 is 15.2. The van der Waals surface area contributed by atoms with Crippen LogP contribution in [0.15, 0.2) is 54.6 Å². The molecular weight excluding hydrogens is 417 g/mol. The van der Waals surface area contributed by atoms with E-state index < -0.39 is 0 Å². The molecule has 0 aliphatic carbocycles. The van der Waals surface area contributed by atoms with Crippen LogP contribution in [0.2, 0.25) is 5.02 Å². The Morgan fingerprint density at radius 3 is 2.42 bits per heavy atom. The third-order valence-corrected chi connectivity index (χ3v) is 5.43. The van der Waals surface area contributed by atoms with Gasteiger partial charge in [-0.15, -0.1) is 0 Å². The molecule has 0 spiro atoms. The van der Waals surface area contributed by atoms with E-state index in [2.05, 4.69) is 5.32 Å². The summed E-state index contributed by atoms with van der Waals surface area (Å²) in [4.78, 5) is 26.8. The van der Waals surface area contributed by atoms with Gasteiger partial charge < -0.3 is 9.88 Å². The molecule has 0 aliphatic rings. The Balaban J connectivity index is 1.62. The van der Waals surface area contributed by atoms with Crippen LogP contribution >= 0.6 is 11.6 Å². The van der Waals surface area contributed by atoms with Gasteiger partial charge >= 0.3 is 0 Å². The summed E-state index contributed by atoms with van der Waals surface area (Å²) in [5.74, 6) is -0.584. The number of rotatable bonds is 8. The van der Waals surface area contributed by atoms with Gasteiger partial charge in [0.2, 0.25) is 5.91 Å². The highest BCUT2D eigenvalue weighted by molar-refractivity contribution is 6.33. The van der Waals surface area contributed by atoms with Crippen LogP contribution in [0.3, 0.4) is 0 Å². The van der Waals surface area contributed by atoms with Gasteiger partial charge in [0.1, 0.15) is 5.82 Å². The molecule has 1 aromatic heterocycles. The summed E-state index contributed by atoms with van der Waals surface area (Å²) in [7, 11) is 1.72. The Morgan fingerprint density at radius 2 is 1.74 bits per heavy atom. The maximum absolute atomic E-state index is 13.2. The molecule has 3 aromatic rings. The molecule has 3 rings (SSSR count). The van der Waals surface area contributed by atoms with Crippen molar-refractivity contribution in [3.63, 3.8) is 0 Å². The standard InChI is InChI=1S/C24H25ClFN3O2/c1-16-12-20(17(2)29(16)13-18-8-10-19(26)11-9-18)23(30)14-28(3)15-24(31)27-22-7-5-4-6-21(22)25/h4-12H,13-15H2,1-3H3,(H,27,31). The molecule has 2 aromatic carbocycles. The summed E-state index contributed by atoms with van der Waals surface area (Å²) in [6.45, 7) is 4.56. The molecule has 0 unspecified atom stereocenters. The number of amides is 1. The summed E-state index contributed by atoms with van der Waals surface area (Å²) >= 11 is 6.07. The molecule has 1 N–H and O–H groups in total. The average Bonchev–Trinajstić information content (AvgIpc) is 2.99. The lowest BCUT2D eigenvalue weighted by molar-refractivity contribution is -0.116. The minimum atomic E-state index is -0.276. The van der Waals surface area contributed by atoms with Gasteiger partial charge in [-0.25, -0.2) is 4.39 Å². The molecule has 1 heterocycles. The van der Waals surface area contributed by atoms with Gasteiger partial charge in [-0.1, -0.05) is 35.9 Å². The van der Waals surface area contributed by atoms with Gasteiger partial charge in [-0.3, -0.25) is 14.5 Å². The van der Waals surface area contributed by atoms with Crippen molar-refractivity contribution in [2.75, 3.05) is 25.5 Å². The van der Waals surface area contributed by atoms with E-state index in [-0.39, 0.29) is 30.6 Å². The molecule has 5 nitrogen and oxygen atoms in total. The number of para-hydroxylation sites is 1. The van der Waals surface area contributed by atoms with Crippen LogP contribution < -0.4 is 5.32 Å². The highest BCUT2D eigenvalue weighted by Gasteiger charge is 2.18. The summed E-state index contributed by atoms with van der Waals surface area (Å²) in [6, 6.07) is 15.2. The van der Waals surface area contributed by atoms with E-state index in [0.717, 1.165) is 17.0 Å². The number of aromatic nitrogens is 1. The largest absolute Gasteiger partial charge is 0.344 e. The molecule has 0 fully saturated rings. The lowest BCUT2D eigenvalue weighted by Gasteiger charge is -2.16. The number of carbonyl (C=O) groups is 2. The molecular formula is C24H25ClFN3O2. The number of nitrogens with one attached hydrogen (secondary N) is 1. The van der Waals surface area contributed by atoms with Crippen LogP contribution in [0.4, 0.5) is 10.1 Å². The normalized spacial score (nSPS) is 11.0. The highest BCUT2D eigenvalue weighted by Crippen LogP contribution is 2.21. The number of anilines is 1. The van der Waals surface area contributed by atoms with Gasteiger partial charge in [0.25, 0.3) is 0 Å². The predicted molar refractivity (Wildman–Crippen MR) is 121 cm³/mol. The SMILES string of the molecule is Cc1cc(C(=O)CN(C)CC(=O)Nc2ccccc2Cl)c(C)n1Cc1ccc(F)cc1. The third-order valence-electron chi connectivity index (χ3n) is 5.10. The fourth-order valence-electron chi connectivity index (χ4n) is 3.48. The van der Waals surface area contributed by atoms with Crippen molar-refractivity contribution in [3.05, 3.63) is 88.0 Å². The molecule has 0 bridgehead atoms. The number of hydrogen-bond donors (Lipinski definition) is 1. The van der Waals surface area contributed by atoms with Crippen molar-refractivity contribution in [3.8, 4) is 0 Å². The second kappa shape index (κ2) is 9.90. The minimum Gasteiger partial charge on any atom is -0.344 e. The van der Waals surface area contributed by atoms with E-state index >= 15 is 0 Å². The van der Waals surface area contributed by atoms with Crippen molar-refractivity contribution in [2.45, 2.75) is 20.4 Å². The smallest absolute Gasteiger partial charge is 0.238 e. The Labute approximate surface area is 186 Å². The number of Topliss-reactive ketones (excluding diaryl/α,β-unsaturated/α-hetero) is 1. The topological polar surface area (TPSA) is 54.3 Å². The number of halogens is 2. The molecule has 1 amide bonds. The third kappa shape index (κ3) is 5.81. The zero-order valence-electron chi connectivity index (χ0n) is 17.8. The van der Waals surface area contributed by atoms with Crippen LogP contribution in [-0.4, -0.2) is 41.3 Å².